The highest BCUT2D eigenvalue weighted by Crippen LogP contribution is 2.17. The maximum atomic E-state index is 10.4. The first-order chi connectivity index (χ1) is 12.1. The molecule has 0 amide bonds. The number of hydrogen-bond donors (Lipinski definition) is 2. The van der Waals surface area contributed by atoms with Crippen molar-refractivity contribution in [1.29, 1.82) is 0 Å². The third-order valence-electron chi connectivity index (χ3n) is 4.11. The number of hydrazone groups is 1. The second-order valence-corrected chi connectivity index (χ2v) is 6.43. The van der Waals surface area contributed by atoms with Gasteiger partial charge in [-0.05, 0) is 61.3 Å². The van der Waals surface area contributed by atoms with E-state index in [4.69, 9.17) is 17.0 Å². The molecule has 1 aromatic rings. The molecule has 25 heavy (non-hydrogen) atoms. The molecule has 136 valence electrons. The highest BCUT2D eigenvalue weighted by molar-refractivity contribution is 7.80. The van der Waals surface area contributed by atoms with Crippen LogP contribution in [0.15, 0.2) is 29.4 Å². The Labute approximate surface area is 153 Å². The topological polar surface area (TPSA) is 85.8 Å². The summed E-state index contributed by atoms with van der Waals surface area (Å²) in [5, 5.41) is 18.7. The summed E-state index contributed by atoms with van der Waals surface area (Å²) in [5.74, 6) is -0.770. The molecule has 2 N–H and O–H groups in total. The summed E-state index contributed by atoms with van der Waals surface area (Å²) in [6.45, 7) is 1.55. The summed E-state index contributed by atoms with van der Waals surface area (Å²) in [6, 6.07) is 7.54. The molecule has 1 fully saturated rings. The molecule has 6 nitrogen and oxygen atoms in total. The number of carboxylic acids is 1. The predicted molar refractivity (Wildman–Crippen MR) is 99.5 cm³/mol. The van der Waals surface area contributed by atoms with E-state index in [9.17, 15) is 9.90 Å². The number of ether oxygens (including phenoxy) is 1. The number of benzene rings is 1. The van der Waals surface area contributed by atoms with E-state index in [1.54, 1.807) is 12.1 Å². The highest BCUT2D eigenvalue weighted by atomic mass is 32.1. The maximum Gasteiger partial charge on any atom is 0.187 e. The minimum absolute atomic E-state index is 0.439. The maximum absolute atomic E-state index is 10.4. The molecule has 0 saturated heterocycles. The molecule has 0 aliphatic heterocycles. The van der Waals surface area contributed by atoms with Crippen molar-refractivity contribution in [2.24, 2.45) is 5.10 Å². The quantitative estimate of drug-likeness (QED) is 0.436. The fourth-order valence-corrected chi connectivity index (χ4v) is 3.03. The SMILES string of the molecule is CC/C(=N/NC(=S)NC1CCCCC1)c1ccc(OCC(=O)[O-])cc1. The zero-order chi connectivity index (χ0) is 18.1. The number of nitrogens with zero attached hydrogens (tertiary/aromatic N) is 1. The standard InChI is InChI=1S/C18H25N3O3S/c1-2-16(13-8-10-15(11-9-13)24-12-17(22)23)20-21-18(25)19-14-6-4-3-5-7-14/h8-11,14H,2-7,12H2,1H3,(H,22,23)(H2,19,21,25)/p-1/b20-16-. The summed E-state index contributed by atoms with van der Waals surface area (Å²) in [5.41, 5.74) is 4.71. The van der Waals surface area contributed by atoms with Crippen molar-refractivity contribution >= 4 is 29.0 Å². The van der Waals surface area contributed by atoms with Crippen LogP contribution in [-0.4, -0.2) is 29.4 Å². The van der Waals surface area contributed by atoms with Gasteiger partial charge in [-0.1, -0.05) is 26.2 Å². The van der Waals surface area contributed by atoms with Gasteiger partial charge in [-0.2, -0.15) is 5.10 Å². The first-order valence-corrected chi connectivity index (χ1v) is 9.05. The lowest BCUT2D eigenvalue weighted by atomic mass is 9.96. The summed E-state index contributed by atoms with van der Waals surface area (Å²) in [4.78, 5) is 10.4. The van der Waals surface area contributed by atoms with Crippen molar-refractivity contribution in [3.8, 4) is 5.75 Å². The van der Waals surface area contributed by atoms with Gasteiger partial charge in [0.25, 0.3) is 0 Å². The van der Waals surface area contributed by atoms with Crippen LogP contribution in [0.2, 0.25) is 0 Å². The van der Waals surface area contributed by atoms with Gasteiger partial charge in [0.1, 0.15) is 12.4 Å². The molecule has 1 aromatic carbocycles. The van der Waals surface area contributed by atoms with Gasteiger partial charge in [0.15, 0.2) is 5.11 Å². The number of nitrogens with one attached hydrogen (secondary N) is 2. The predicted octanol–water partition coefficient (Wildman–Crippen LogP) is 1.73. The molecule has 7 heteroatoms. The average Bonchev–Trinajstić information content (AvgIpc) is 2.62. The molecule has 1 aliphatic rings. The molecule has 0 atom stereocenters. The van der Waals surface area contributed by atoms with Crippen molar-refractivity contribution in [1.82, 2.24) is 10.7 Å². The smallest absolute Gasteiger partial charge is 0.187 e. The number of rotatable bonds is 7. The van der Waals surface area contributed by atoms with E-state index < -0.39 is 12.6 Å². The fourth-order valence-electron chi connectivity index (χ4n) is 2.82. The van der Waals surface area contributed by atoms with E-state index in [0.29, 0.717) is 16.9 Å². The van der Waals surface area contributed by atoms with Crippen molar-refractivity contribution < 1.29 is 14.6 Å². The Morgan fingerprint density at radius 2 is 1.96 bits per heavy atom. The highest BCUT2D eigenvalue weighted by Gasteiger charge is 2.13. The monoisotopic (exact) mass is 362 g/mol. The largest absolute Gasteiger partial charge is 0.546 e. The Morgan fingerprint density at radius 3 is 2.56 bits per heavy atom. The van der Waals surface area contributed by atoms with Gasteiger partial charge in [0.05, 0.1) is 11.7 Å². The normalized spacial score (nSPS) is 15.5. The zero-order valence-corrected chi connectivity index (χ0v) is 15.2. The van der Waals surface area contributed by atoms with Crippen molar-refractivity contribution in [2.75, 3.05) is 6.61 Å². The van der Waals surface area contributed by atoms with Gasteiger partial charge in [0, 0.05) is 6.04 Å². The van der Waals surface area contributed by atoms with E-state index in [1.165, 1.54) is 19.3 Å². The van der Waals surface area contributed by atoms with Crippen LogP contribution >= 0.6 is 12.2 Å². The van der Waals surface area contributed by atoms with Gasteiger partial charge >= 0.3 is 0 Å². The fraction of sp³-hybridized carbons (Fsp3) is 0.500. The van der Waals surface area contributed by atoms with E-state index in [1.807, 2.05) is 19.1 Å². The third-order valence-corrected chi connectivity index (χ3v) is 4.32. The molecule has 0 unspecified atom stereocenters. The summed E-state index contributed by atoms with van der Waals surface area (Å²) in [7, 11) is 0. The van der Waals surface area contributed by atoms with Gasteiger partial charge in [0.2, 0.25) is 0 Å². The number of hydrogen-bond acceptors (Lipinski definition) is 5. The number of carboxylic acid groups (broad SMARTS) is 1. The van der Waals surface area contributed by atoms with Crippen molar-refractivity contribution in [3.63, 3.8) is 0 Å². The lowest BCUT2D eigenvalue weighted by molar-refractivity contribution is -0.307. The summed E-state index contributed by atoms with van der Waals surface area (Å²) in [6.07, 6.45) is 6.84. The lowest BCUT2D eigenvalue weighted by Gasteiger charge is -2.23. The first-order valence-electron chi connectivity index (χ1n) is 8.64. The molecule has 1 aliphatic carbocycles. The number of carbonyl (C=O) groups is 1. The number of thiocarbonyl (C=S) groups is 1. The molecular weight excluding hydrogens is 338 g/mol. The molecule has 0 heterocycles. The lowest BCUT2D eigenvalue weighted by Crippen LogP contribution is -2.41. The summed E-state index contributed by atoms with van der Waals surface area (Å²) >= 11 is 5.32. The average molecular weight is 362 g/mol. The van der Waals surface area contributed by atoms with Gasteiger partial charge in [-0.15, -0.1) is 0 Å². The molecule has 0 aromatic heterocycles. The minimum atomic E-state index is -1.25. The van der Waals surface area contributed by atoms with Gasteiger partial charge in [-0.25, -0.2) is 0 Å². The zero-order valence-electron chi connectivity index (χ0n) is 14.4. The van der Waals surface area contributed by atoms with Crippen LogP contribution in [0.25, 0.3) is 0 Å². The molecular formula is C18H24N3O3S-. The molecule has 0 spiro atoms. The summed E-state index contributed by atoms with van der Waals surface area (Å²) < 4.78 is 5.07. The van der Waals surface area contributed by atoms with Crippen LogP contribution in [0.3, 0.4) is 0 Å². The molecule has 2 rings (SSSR count). The van der Waals surface area contributed by atoms with E-state index in [0.717, 1.165) is 30.5 Å². The Hall–Kier alpha value is -2.15. The van der Waals surface area contributed by atoms with Crippen LogP contribution < -0.4 is 20.6 Å². The first kappa shape index (κ1) is 19.2. The van der Waals surface area contributed by atoms with Crippen LogP contribution in [0, 0.1) is 0 Å². The van der Waals surface area contributed by atoms with Crippen LogP contribution in [0.5, 0.6) is 5.75 Å². The minimum Gasteiger partial charge on any atom is -0.546 e. The molecule has 0 bridgehead atoms. The third kappa shape index (κ3) is 6.70. The van der Waals surface area contributed by atoms with Gasteiger partial charge < -0.3 is 20.0 Å². The van der Waals surface area contributed by atoms with Crippen molar-refractivity contribution in [3.05, 3.63) is 29.8 Å². The van der Waals surface area contributed by atoms with Crippen LogP contribution in [0.1, 0.15) is 51.0 Å². The molecule has 1 saturated carbocycles. The van der Waals surface area contributed by atoms with Gasteiger partial charge in [-0.3, -0.25) is 5.43 Å². The van der Waals surface area contributed by atoms with E-state index >= 15 is 0 Å². The Kier molecular flexibility index (Phi) is 7.66. The Balaban J connectivity index is 1.89. The molecule has 0 radical (unpaired) electrons. The second kappa shape index (κ2) is 9.98. The number of carbonyl (C=O) groups excluding carboxylic acids is 1. The van der Waals surface area contributed by atoms with Crippen LogP contribution in [0.4, 0.5) is 0 Å². The second-order valence-electron chi connectivity index (χ2n) is 6.02. The number of aliphatic carboxylic acids is 1. The van der Waals surface area contributed by atoms with E-state index in [-0.39, 0.29) is 0 Å². The van der Waals surface area contributed by atoms with E-state index in [2.05, 4.69) is 15.8 Å². The Morgan fingerprint density at radius 1 is 1.28 bits per heavy atom. The Bertz CT molecular complexity index is 610. The van der Waals surface area contributed by atoms with Crippen LogP contribution in [-0.2, 0) is 4.79 Å². The van der Waals surface area contributed by atoms with Crippen molar-refractivity contribution in [2.45, 2.75) is 51.5 Å².